The normalized spacial score (nSPS) is 23.4. The van der Waals surface area contributed by atoms with E-state index in [0.717, 1.165) is 32.4 Å². The van der Waals surface area contributed by atoms with Crippen LogP contribution in [-0.4, -0.2) is 27.3 Å². The molecule has 3 nitrogen and oxygen atoms in total. The van der Waals surface area contributed by atoms with Crippen molar-refractivity contribution in [3.8, 4) is 0 Å². The maximum Gasteiger partial charge on any atom is 0.236 e. The van der Waals surface area contributed by atoms with E-state index in [1.165, 1.54) is 0 Å². The third kappa shape index (κ3) is 4.98. The summed E-state index contributed by atoms with van der Waals surface area (Å²) < 4.78 is 21.5. The summed E-state index contributed by atoms with van der Waals surface area (Å²) in [6.45, 7) is 5.77. The molecule has 5 heteroatoms. The molecular formula is C9H16ClNO2S. The zero-order valence-electron chi connectivity index (χ0n) is 8.13. The van der Waals surface area contributed by atoms with Crippen LogP contribution < -0.4 is 5.32 Å². The second-order valence-corrected chi connectivity index (χ2v) is 6.63. The maximum absolute atomic E-state index is 10.8. The number of rotatable bonds is 4. The molecular weight excluding hydrogens is 222 g/mol. The van der Waals surface area contributed by atoms with Crippen LogP contribution in [0.2, 0.25) is 0 Å². The molecule has 0 bridgehead atoms. The quantitative estimate of drug-likeness (QED) is 0.596. The van der Waals surface area contributed by atoms with Gasteiger partial charge in [-0.15, -0.1) is 0 Å². The summed E-state index contributed by atoms with van der Waals surface area (Å²) in [7, 11) is 1.72. The topological polar surface area (TPSA) is 46.2 Å². The van der Waals surface area contributed by atoms with Gasteiger partial charge in [0.25, 0.3) is 0 Å². The first-order valence-electron chi connectivity index (χ1n) is 4.77. The average Bonchev–Trinajstić information content (AvgIpc) is 2.02. The van der Waals surface area contributed by atoms with E-state index in [2.05, 4.69) is 11.9 Å². The van der Waals surface area contributed by atoms with Crippen LogP contribution in [-0.2, 0) is 9.05 Å². The molecule has 1 heterocycles. The monoisotopic (exact) mass is 237 g/mol. The summed E-state index contributed by atoms with van der Waals surface area (Å²) in [6.07, 6.45) is 3.07. The SMILES string of the molecule is C=C(CC1CCCNC1)CS(=O)(=O)Cl. The van der Waals surface area contributed by atoms with E-state index in [0.29, 0.717) is 11.5 Å². The molecule has 0 aliphatic carbocycles. The predicted octanol–water partition coefficient (Wildman–Crippen LogP) is 1.50. The van der Waals surface area contributed by atoms with E-state index in [9.17, 15) is 8.42 Å². The predicted molar refractivity (Wildman–Crippen MR) is 59.0 cm³/mol. The van der Waals surface area contributed by atoms with Crippen molar-refractivity contribution >= 4 is 19.7 Å². The third-order valence-corrected chi connectivity index (χ3v) is 3.43. The number of hydrogen-bond acceptors (Lipinski definition) is 3. The number of hydrogen-bond donors (Lipinski definition) is 1. The van der Waals surface area contributed by atoms with E-state index in [1.807, 2.05) is 0 Å². The molecule has 0 amide bonds. The lowest BCUT2D eigenvalue weighted by Gasteiger charge is -2.23. The molecule has 0 spiro atoms. The van der Waals surface area contributed by atoms with Crippen molar-refractivity contribution in [3.05, 3.63) is 12.2 Å². The summed E-state index contributed by atoms with van der Waals surface area (Å²) in [5, 5.41) is 3.28. The summed E-state index contributed by atoms with van der Waals surface area (Å²) >= 11 is 0. The Morgan fingerprint density at radius 1 is 1.57 bits per heavy atom. The maximum atomic E-state index is 10.8. The Morgan fingerprint density at radius 2 is 2.29 bits per heavy atom. The molecule has 0 saturated carbocycles. The Morgan fingerprint density at radius 3 is 2.79 bits per heavy atom. The molecule has 14 heavy (non-hydrogen) atoms. The number of piperidine rings is 1. The molecule has 1 N–H and O–H groups in total. The fourth-order valence-electron chi connectivity index (χ4n) is 1.81. The van der Waals surface area contributed by atoms with Crippen LogP contribution in [0.4, 0.5) is 0 Å². The zero-order chi connectivity index (χ0) is 10.6. The minimum absolute atomic E-state index is 0.0922. The van der Waals surface area contributed by atoms with Gasteiger partial charge in [-0.05, 0) is 38.3 Å². The molecule has 0 aromatic rings. The highest BCUT2D eigenvalue weighted by Gasteiger charge is 2.16. The summed E-state index contributed by atoms with van der Waals surface area (Å²) in [6, 6.07) is 0. The highest BCUT2D eigenvalue weighted by molar-refractivity contribution is 8.13. The Hall–Kier alpha value is -0.0600. The van der Waals surface area contributed by atoms with Crippen LogP contribution in [0.15, 0.2) is 12.2 Å². The van der Waals surface area contributed by atoms with Crippen LogP contribution in [0.25, 0.3) is 0 Å². The first kappa shape index (κ1) is 12.0. The van der Waals surface area contributed by atoms with Crippen LogP contribution >= 0.6 is 10.7 Å². The minimum atomic E-state index is -3.42. The first-order chi connectivity index (χ1) is 6.47. The smallest absolute Gasteiger partial charge is 0.236 e. The standard InChI is InChI=1S/C9H16ClNO2S/c1-8(7-14(10,12)13)5-9-3-2-4-11-6-9/h9,11H,1-7H2. The van der Waals surface area contributed by atoms with Gasteiger partial charge in [-0.2, -0.15) is 0 Å². The van der Waals surface area contributed by atoms with Crippen molar-refractivity contribution < 1.29 is 8.42 Å². The van der Waals surface area contributed by atoms with Crippen molar-refractivity contribution in [1.82, 2.24) is 5.32 Å². The minimum Gasteiger partial charge on any atom is -0.316 e. The van der Waals surface area contributed by atoms with Gasteiger partial charge in [-0.25, -0.2) is 8.42 Å². The molecule has 0 aromatic heterocycles. The van der Waals surface area contributed by atoms with Gasteiger partial charge in [0.1, 0.15) is 0 Å². The second-order valence-electron chi connectivity index (χ2n) is 3.85. The number of nitrogens with one attached hydrogen (secondary N) is 1. The van der Waals surface area contributed by atoms with Crippen LogP contribution in [0.5, 0.6) is 0 Å². The molecule has 1 rings (SSSR count). The lowest BCUT2D eigenvalue weighted by atomic mass is 9.93. The zero-order valence-corrected chi connectivity index (χ0v) is 9.70. The molecule has 82 valence electrons. The van der Waals surface area contributed by atoms with E-state index < -0.39 is 9.05 Å². The largest absolute Gasteiger partial charge is 0.316 e. The van der Waals surface area contributed by atoms with Crippen molar-refractivity contribution in [2.45, 2.75) is 19.3 Å². The van der Waals surface area contributed by atoms with Crippen molar-refractivity contribution in [1.29, 1.82) is 0 Å². The lowest BCUT2D eigenvalue weighted by molar-refractivity contribution is 0.376. The molecule has 1 unspecified atom stereocenters. The molecule has 0 radical (unpaired) electrons. The Kier molecular flexibility index (Phi) is 4.41. The molecule has 1 atom stereocenters. The van der Waals surface area contributed by atoms with Crippen molar-refractivity contribution in [2.24, 2.45) is 5.92 Å². The Bertz CT molecular complexity index is 294. The molecule has 0 aromatic carbocycles. The van der Waals surface area contributed by atoms with Crippen molar-refractivity contribution in [3.63, 3.8) is 0 Å². The van der Waals surface area contributed by atoms with Gasteiger partial charge in [0, 0.05) is 10.7 Å². The highest BCUT2D eigenvalue weighted by atomic mass is 35.7. The van der Waals surface area contributed by atoms with E-state index in [1.54, 1.807) is 0 Å². The first-order valence-corrected chi connectivity index (χ1v) is 7.25. The fraction of sp³-hybridized carbons (Fsp3) is 0.778. The van der Waals surface area contributed by atoms with Gasteiger partial charge >= 0.3 is 0 Å². The summed E-state index contributed by atoms with van der Waals surface area (Å²) in [4.78, 5) is 0. The van der Waals surface area contributed by atoms with Gasteiger partial charge in [0.15, 0.2) is 0 Å². The van der Waals surface area contributed by atoms with E-state index in [4.69, 9.17) is 10.7 Å². The van der Waals surface area contributed by atoms with Crippen LogP contribution in [0.3, 0.4) is 0 Å². The van der Waals surface area contributed by atoms with Gasteiger partial charge in [-0.1, -0.05) is 12.2 Å². The van der Waals surface area contributed by atoms with Gasteiger partial charge in [0.2, 0.25) is 9.05 Å². The van der Waals surface area contributed by atoms with Gasteiger partial charge in [0.05, 0.1) is 5.75 Å². The lowest BCUT2D eigenvalue weighted by Crippen LogP contribution is -2.30. The van der Waals surface area contributed by atoms with Crippen LogP contribution in [0, 0.1) is 5.92 Å². The summed E-state index contributed by atoms with van der Waals surface area (Å²) in [5.74, 6) is 0.431. The van der Waals surface area contributed by atoms with E-state index in [-0.39, 0.29) is 5.75 Å². The molecule has 1 saturated heterocycles. The highest BCUT2D eigenvalue weighted by Crippen LogP contribution is 2.19. The average molecular weight is 238 g/mol. The molecule has 1 aliphatic heterocycles. The fourth-order valence-corrected chi connectivity index (χ4v) is 2.88. The van der Waals surface area contributed by atoms with Crippen LogP contribution in [0.1, 0.15) is 19.3 Å². The Balaban J connectivity index is 2.32. The van der Waals surface area contributed by atoms with Gasteiger partial charge < -0.3 is 5.32 Å². The number of halogens is 1. The Labute approximate surface area is 89.9 Å². The van der Waals surface area contributed by atoms with E-state index >= 15 is 0 Å². The third-order valence-electron chi connectivity index (χ3n) is 2.35. The van der Waals surface area contributed by atoms with Crippen molar-refractivity contribution in [2.75, 3.05) is 18.8 Å². The second kappa shape index (κ2) is 5.14. The molecule has 1 aliphatic rings. The van der Waals surface area contributed by atoms with Gasteiger partial charge in [-0.3, -0.25) is 0 Å². The summed E-state index contributed by atoms with van der Waals surface area (Å²) in [5.41, 5.74) is 0.716. The molecule has 1 fully saturated rings.